The molecule has 0 aromatic heterocycles. The van der Waals surface area contributed by atoms with E-state index >= 15 is 0 Å². The predicted octanol–water partition coefficient (Wildman–Crippen LogP) is 2.05. The van der Waals surface area contributed by atoms with Gasteiger partial charge in [0.1, 0.15) is 0 Å². The zero-order valence-electron chi connectivity index (χ0n) is 13.9. The van der Waals surface area contributed by atoms with Crippen LogP contribution in [0.15, 0.2) is 24.3 Å². The number of para-hydroxylation sites is 1. The van der Waals surface area contributed by atoms with Crippen molar-refractivity contribution in [2.75, 3.05) is 24.6 Å². The number of carbonyl (C=O) groups excluding carboxylic acids is 2. The summed E-state index contributed by atoms with van der Waals surface area (Å²) in [5, 5.41) is 11.8. The van der Waals surface area contributed by atoms with Crippen molar-refractivity contribution in [1.29, 1.82) is 0 Å². The minimum atomic E-state index is -0.562. The molecular weight excluding hydrogens is 292 g/mol. The molecule has 0 radical (unpaired) electrons. The molecule has 5 nitrogen and oxygen atoms in total. The molecule has 5 heteroatoms. The molecule has 126 valence electrons. The van der Waals surface area contributed by atoms with Gasteiger partial charge < -0.3 is 15.3 Å². The average Bonchev–Trinajstić information content (AvgIpc) is 2.89. The largest absolute Gasteiger partial charge is 0.396 e. The second-order valence-electron chi connectivity index (χ2n) is 6.25. The smallest absolute Gasteiger partial charge is 0.316 e. The number of benzene rings is 1. The van der Waals surface area contributed by atoms with Gasteiger partial charge in [-0.2, -0.15) is 0 Å². The topological polar surface area (TPSA) is 69.6 Å². The number of amides is 2. The third kappa shape index (κ3) is 4.10. The molecule has 2 N–H and O–H groups in total. The van der Waals surface area contributed by atoms with E-state index in [1.807, 2.05) is 24.3 Å². The molecule has 0 saturated carbocycles. The molecule has 0 bridgehead atoms. The summed E-state index contributed by atoms with van der Waals surface area (Å²) in [5.74, 6) is -0.606. The van der Waals surface area contributed by atoms with Gasteiger partial charge in [-0.05, 0) is 30.4 Å². The molecular formula is C18H26N2O3. The molecule has 1 aliphatic heterocycles. The van der Waals surface area contributed by atoms with Crippen LogP contribution in [0.3, 0.4) is 0 Å². The maximum Gasteiger partial charge on any atom is 0.316 e. The van der Waals surface area contributed by atoms with E-state index in [0.29, 0.717) is 19.5 Å². The Kier molecular flexibility index (Phi) is 6.16. The summed E-state index contributed by atoms with van der Waals surface area (Å²) in [4.78, 5) is 26.2. The van der Waals surface area contributed by atoms with Crippen LogP contribution in [0.2, 0.25) is 0 Å². The lowest BCUT2D eigenvalue weighted by atomic mass is 10.0. The SMILES string of the molecule is CCCC(CCO)CNC(=O)C(=O)N1CC(C)c2ccccc21. The average molecular weight is 318 g/mol. The monoisotopic (exact) mass is 318 g/mol. The molecule has 1 aromatic carbocycles. The second kappa shape index (κ2) is 8.11. The Hall–Kier alpha value is -1.88. The van der Waals surface area contributed by atoms with Gasteiger partial charge in [0.05, 0.1) is 0 Å². The van der Waals surface area contributed by atoms with Gasteiger partial charge in [-0.1, -0.05) is 38.5 Å². The summed E-state index contributed by atoms with van der Waals surface area (Å²) < 4.78 is 0. The van der Waals surface area contributed by atoms with Gasteiger partial charge >= 0.3 is 11.8 Å². The second-order valence-corrected chi connectivity index (χ2v) is 6.25. The Morgan fingerprint density at radius 1 is 1.35 bits per heavy atom. The zero-order valence-corrected chi connectivity index (χ0v) is 13.9. The van der Waals surface area contributed by atoms with Gasteiger partial charge in [-0.25, -0.2) is 0 Å². The number of fused-ring (bicyclic) bond motifs is 1. The van der Waals surface area contributed by atoms with E-state index in [2.05, 4.69) is 19.2 Å². The van der Waals surface area contributed by atoms with Crippen LogP contribution < -0.4 is 10.2 Å². The highest BCUT2D eigenvalue weighted by atomic mass is 16.3. The maximum absolute atomic E-state index is 12.4. The van der Waals surface area contributed by atoms with Gasteiger partial charge in [0.25, 0.3) is 0 Å². The van der Waals surface area contributed by atoms with Gasteiger partial charge in [-0.15, -0.1) is 0 Å². The van der Waals surface area contributed by atoms with Crippen LogP contribution in [-0.4, -0.2) is 36.6 Å². The first kappa shape index (κ1) is 17.5. The molecule has 0 saturated heterocycles. The first-order chi connectivity index (χ1) is 11.1. The Morgan fingerprint density at radius 2 is 2.09 bits per heavy atom. The number of hydrogen-bond donors (Lipinski definition) is 2. The molecule has 1 aromatic rings. The Morgan fingerprint density at radius 3 is 2.78 bits per heavy atom. The fraction of sp³-hybridized carbons (Fsp3) is 0.556. The molecule has 1 aliphatic rings. The molecule has 0 spiro atoms. The third-order valence-corrected chi connectivity index (χ3v) is 4.44. The highest BCUT2D eigenvalue weighted by Crippen LogP contribution is 2.35. The van der Waals surface area contributed by atoms with E-state index in [-0.39, 0.29) is 18.4 Å². The quantitative estimate of drug-likeness (QED) is 0.789. The Balaban J connectivity index is 1.97. The fourth-order valence-corrected chi connectivity index (χ4v) is 3.19. The standard InChI is InChI=1S/C18H26N2O3/c1-3-6-14(9-10-21)11-19-17(22)18(23)20-12-13(2)15-7-4-5-8-16(15)20/h4-5,7-8,13-14,21H,3,6,9-12H2,1-2H3,(H,19,22). The third-order valence-electron chi connectivity index (χ3n) is 4.44. The van der Waals surface area contributed by atoms with Crippen LogP contribution >= 0.6 is 0 Å². The van der Waals surface area contributed by atoms with Crippen molar-refractivity contribution in [3.05, 3.63) is 29.8 Å². The first-order valence-corrected chi connectivity index (χ1v) is 8.37. The van der Waals surface area contributed by atoms with Crippen molar-refractivity contribution in [1.82, 2.24) is 5.32 Å². The summed E-state index contributed by atoms with van der Waals surface area (Å²) in [6, 6.07) is 7.72. The molecule has 0 fully saturated rings. The highest BCUT2D eigenvalue weighted by Gasteiger charge is 2.32. The Bertz CT molecular complexity index is 553. The first-order valence-electron chi connectivity index (χ1n) is 8.37. The number of aliphatic hydroxyl groups is 1. The van der Waals surface area contributed by atoms with E-state index in [1.54, 1.807) is 4.90 Å². The van der Waals surface area contributed by atoms with E-state index in [9.17, 15) is 9.59 Å². The number of rotatable bonds is 6. The van der Waals surface area contributed by atoms with Crippen LogP contribution in [0, 0.1) is 5.92 Å². The summed E-state index contributed by atoms with van der Waals surface area (Å²) >= 11 is 0. The lowest BCUT2D eigenvalue weighted by Crippen LogP contribution is -2.44. The van der Waals surface area contributed by atoms with Crippen LogP contribution in [0.4, 0.5) is 5.69 Å². The molecule has 1 heterocycles. The van der Waals surface area contributed by atoms with Crippen molar-refractivity contribution in [3.63, 3.8) is 0 Å². The number of aliphatic hydroxyl groups excluding tert-OH is 1. The maximum atomic E-state index is 12.4. The molecule has 2 unspecified atom stereocenters. The predicted molar refractivity (Wildman–Crippen MR) is 90.3 cm³/mol. The molecule has 2 amide bonds. The molecule has 2 atom stereocenters. The van der Waals surface area contributed by atoms with Crippen molar-refractivity contribution < 1.29 is 14.7 Å². The van der Waals surface area contributed by atoms with Crippen molar-refractivity contribution in [2.24, 2.45) is 5.92 Å². The minimum Gasteiger partial charge on any atom is -0.396 e. The highest BCUT2D eigenvalue weighted by molar-refractivity contribution is 6.40. The molecule has 23 heavy (non-hydrogen) atoms. The van der Waals surface area contributed by atoms with Crippen molar-refractivity contribution in [2.45, 2.75) is 39.0 Å². The molecule has 2 rings (SSSR count). The number of nitrogens with zero attached hydrogens (tertiary/aromatic N) is 1. The summed E-state index contributed by atoms with van der Waals surface area (Å²) in [6.45, 7) is 5.21. The van der Waals surface area contributed by atoms with Crippen LogP contribution in [0.25, 0.3) is 0 Å². The lowest BCUT2D eigenvalue weighted by molar-refractivity contribution is -0.137. The summed E-state index contributed by atoms with van der Waals surface area (Å²) in [5.41, 5.74) is 1.94. The lowest BCUT2D eigenvalue weighted by Gasteiger charge is -2.19. The number of hydrogen-bond acceptors (Lipinski definition) is 3. The van der Waals surface area contributed by atoms with E-state index < -0.39 is 11.8 Å². The number of nitrogens with one attached hydrogen (secondary N) is 1. The van der Waals surface area contributed by atoms with Crippen LogP contribution in [0.5, 0.6) is 0 Å². The van der Waals surface area contributed by atoms with E-state index in [0.717, 1.165) is 24.1 Å². The van der Waals surface area contributed by atoms with Gasteiger partial charge in [0.15, 0.2) is 0 Å². The normalized spacial score (nSPS) is 17.7. The molecule has 0 aliphatic carbocycles. The number of carbonyl (C=O) groups is 2. The summed E-state index contributed by atoms with van der Waals surface area (Å²) in [6.07, 6.45) is 2.57. The number of anilines is 1. The van der Waals surface area contributed by atoms with Crippen molar-refractivity contribution >= 4 is 17.5 Å². The van der Waals surface area contributed by atoms with Crippen LogP contribution in [-0.2, 0) is 9.59 Å². The fourth-order valence-electron chi connectivity index (χ4n) is 3.19. The zero-order chi connectivity index (χ0) is 16.8. The summed E-state index contributed by atoms with van der Waals surface area (Å²) in [7, 11) is 0. The van der Waals surface area contributed by atoms with Crippen molar-refractivity contribution in [3.8, 4) is 0 Å². The van der Waals surface area contributed by atoms with E-state index in [1.165, 1.54) is 0 Å². The van der Waals surface area contributed by atoms with E-state index in [4.69, 9.17) is 5.11 Å². The minimum absolute atomic E-state index is 0.103. The van der Waals surface area contributed by atoms with Gasteiger partial charge in [0, 0.05) is 31.3 Å². The van der Waals surface area contributed by atoms with Gasteiger partial charge in [0.2, 0.25) is 0 Å². The van der Waals surface area contributed by atoms with Gasteiger partial charge in [-0.3, -0.25) is 9.59 Å². The van der Waals surface area contributed by atoms with Crippen LogP contribution in [0.1, 0.15) is 44.6 Å². The Labute approximate surface area is 137 Å².